The first-order valence-electron chi connectivity index (χ1n) is 15.8. The number of hydrogen-bond donors (Lipinski definition) is 2. The van der Waals surface area contributed by atoms with Crippen LogP contribution in [0.5, 0.6) is 0 Å². The van der Waals surface area contributed by atoms with Crippen LogP contribution in [0.1, 0.15) is 77.2 Å². The molecule has 2 heterocycles. The highest BCUT2D eigenvalue weighted by atomic mass is 16.5. The van der Waals surface area contributed by atoms with Crippen molar-refractivity contribution in [3.63, 3.8) is 0 Å². The van der Waals surface area contributed by atoms with Gasteiger partial charge >= 0.3 is 6.09 Å². The molecule has 2 aliphatic heterocycles. The van der Waals surface area contributed by atoms with E-state index in [1.807, 2.05) is 30.0 Å². The van der Waals surface area contributed by atoms with E-state index in [4.69, 9.17) is 9.47 Å². The van der Waals surface area contributed by atoms with Gasteiger partial charge in [-0.2, -0.15) is 5.26 Å². The van der Waals surface area contributed by atoms with Crippen LogP contribution in [0.4, 0.5) is 4.79 Å². The maximum Gasteiger partial charge on any atom is 0.413 e. The Morgan fingerprint density at radius 3 is 2.19 bits per heavy atom. The predicted octanol–water partition coefficient (Wildman–Crippen LogP) is 4.26. The molecule has 1 atom stereocenters. The average molecular weight is 583 g/mol. The van der Waals surface area contributed by atoms with E-state index in [9.17, 15) is 14.9 Å². The van der Waals surface area contributed by atoms with Crippen LogP contribution in [-0.2, 0) is 20.7 Å². The van der Waals surface area contributed by atoms with Gasteiger partial charge in [0.25, 0.3) is 0 Å². The third-order valence-corrected chi connectivity index (χ3v) is 8.11. The third-order valence-electron chi connectivity index (χ3n) is 8.11. The highest BCUT2D eigenvalue weighted by molar-refractivity contribution is 5.96. The topological polar surface area (TPSA) is 119 Å². The summed E-state index contributed by atoms with van der Waals surface area (Å²) >= 11 is 0. The fourth-order valence-electron chi connectivity index (χ4n) is 5.44. The number of benzene rings is 1. The van der Waals surface area contributed by atoms with Crippen molar-refractivity contribution in [3.8, 4) is 6.07 Å². The number of alkyl carbamates (subject to hydrolysis) is 1. The van der Waals surface area contributed by atoms with Crippen LogP contribution in [0, 0.1) is 11.3 Å². The number of ether oxygens (including phenoxy) is 2. The molecule has 3 fully saturated rings. The fraction of sp³-hybridized carbons (Fsp3) is 0.688. The lowest BCUT2D eigenvalue weighted by Gasteiger charge is -2.38. The molecule has 232 valence electrons. The Hall–Kier alpha value is -3.16. The predicted molar refractivity (Wildman–Crippen MR) is 164 cm³/mol. The van der Waals surface area contributed by atoms with E-state index in [1.54, 1.807) is 6.92 Å². The van der Waals surface area contributed by atoms with E-state index in [-0.39, 0.29) is 12.5 Å². The van der Waals surface area contributed by atoms with E-state index < -0.39 is 17.7 Å². The number of morpholine rings is 1. The zero-order valence-electron chi connectivity index (χ0n) is 25.6. The van der Waals surface area contributed by atoms with Gasteiger partial charge in [-0.05, 0) is 38.2 Å². The second-order valence-electron chi connectivity index (χ2n) is 11.2. The summed E-state index contributed by atoms with van der Waals surface area (Å²) < 4.78 is 10.4. The normalized spacial score (nSPS) is 19.8. The summed E-state index contributed by atoms with van der Waals surface area (Å²) in [5.41, 5.74) is 0.371. The molecule has 0 bridgehead atoms. The van der Waals surface area contributed by atoms with Gasteiger partial charge in [0.2, 0.25) is 11.9 Å². The summed E-state index contributed by atoms with van der Waals surface area (Å²) in [6.07, 6.45) is 10.9. The van der Waals surface area contributed by atoms with E-state index in [1.165, 1.54) is 44.1 Å². The van der Waals surface area contributed by atoms with Gasteiger partial charge in [-0.15, -0.1) is 0 Å². The number of carbonyl (C=O) groups is 2. The Kier molecular flexibility index (Phi) is 14.6. The lowest BCUT2D eigenvalue weighted by atomic mass is 9.88. The molecule has 1 aromatic rings. The molecule has 3 aliphatic rings. The minimum absolute atomic E-state index is 0.229. The van der Waals surface area contributed by atoms with Gasteiger partial charge in [0.15, 0.2) is 0 Å². The molecule has 2 amide bonds. The Bertz CT molecular complexity index is 998. The molecule has 0 radical (unpaired) electrons. The minimum Gasteiger partial charge on any atom is -0.450 e. The van der Waals surface area contributed by atoms with Gasteiger partial charge < -0.3 is 24.6 Å². The number of nitrogens with zero attached hydrogens (tertiary/aromatic N) is 4. The molecule has 4 rings (SSSR count). The fourth-order valence-corrected chi connectivity index (χ4v) is 5.44. The number of likely N-dealkylation sites (tertiary alicyclic amines) is 1. The Morgan fingerprint density at radius 1 is 1.02 bits per heavy atom. The largest absolute Gasteiger partial charge is 0.450 e. The Labute approximate surface area is 251 Å². The number of hydrogen-bond acceptors (Lipinski definition) is 7. The van der Waals surface area contributed by atoms with Gasteiger partial charge in [-0.1, -0.05) is 75.8 Å². The maximum atomic E-state index is 13.3. The second-order valence-corrected chi connectivity index (χ2v) is 11.2. The van der Waals surface area contributed by atoms with Crippen molar-refractivity contribution in [2.75, 3.05) is 52.5 Å². The third kappa shape index (κ3) is 11.3. The van der Waals surface area contributed by atoms with Crippen molar-refractivity contribution >= 4 is 18.0 Å². The molecule has 10 heteroatoms. The van der Waals surface area contributed by atoms with Gasteiger partial charge in [0.1, 0.15) is 11.6 Å². The zero-order valence-corrected chi connectivity index (χ0v) is 25.6. The van der Waals surface area contributed by atoms with Gasteiger partial charge in [-0.3, -0.25) is 10.1 Å². The summed E-state index contributed by atoms with van der Waals surface area (Å²) in [4.78, 5) is 34.2. The van der Waals surface area contributed by atoms with Crippen molar-refractivity contribution < 1.29 is 19.1 Å². The number of piperidine rings is 1. The first-order valence-corrected chi connectivity index (χ1v) is 15.8. The van der Waals surface area contributed by atoms with Crippen molar-refractivity contribution in [3.05, 3.63) is 35.9 Å². The van der Waals surface area contributed by atoms with Crippen molar-refractivity contribution in [2.24, 2.45) is 4.99 Å². The Morgan fingerprint density at radius 2 is 1.64 bits per heavy atom. The summed E-state index contributed by atoms with van der Waals surface area (Å²) in [6, 6.07) is 12.0. The monoisotopic (exact) mass is 582 g/mol. The molecular formula is C32H50N6O4. The first kappa shape index (κ1) is 33.3. The van der Waals surface area contributed by atoms with Gasteiger partial charge in [-0.25, -0.2) is 9.79 Å². The van der Waals surface area contributed by atoms with Crippen LogP contribution in [-0.4, -0.2) is 91.9 Å². The van der Waals surface area contributed by atoms with Crippen LogP contribution in [0.3, 0.4) is 0 Å². The average Bonchev–Trinajstić information content (AvgIpc) is 3.04. The number of rotatable bonds is 8. The zero-order chi connectivity index (χ0) is 30.0. The molecule has 2 N–H and O–H groups in total. The van der Waals surface area contributed by atoms with E-state index in [0.717, 1.165) is 26.1 Å². The Balaban J connectivity index is 0.000000715. The van der Waals surface area contributed by atoms with Crippen LogP contribution < -0.4 is 10.6 Å². The highest BCUT2D eigenvalue weighted by Gasteiger charge is 2.37. The number of aliphatic imine (C=N–C) groups is 1. The smallest absolute Gasteiger partial charge is 0.413 e. The molecule has 1 unspecified atom stereocenters. The van der Waals surface area contributed by atoms with Crippen molar-refractivity contribution in [1.29, 1.82) is 5.26 Å². The number of carbonyl (C=O) groups excluding carboxylic acids is 2. The van der Waals surface area contributed by atoms with Crippen molar-refractivity contribution in [2.45, 2.75) is 89.6 Å². The summed E-state index contributed by atoms with van der Waals surface area (Å²) in [6.45, 7) is 8.32. The summed E-state index contributed by atoms with van der Waals surface area (Å²) in [7, 11) is 0. The molecule has 0 spiro atoms. The molecule has 1 aliphatic carbocycles. The molecule has 0 aromatic heterocycles. The minimum atomic E-state index is -0.920. The van der Waals surface area contributed by atoms with E-state index >= 15 is 0 Å². The molecule has 1 aromatic carbocycles. The molecule has 42 heavy (non-hydrogen) atoms. The number of nitriles is 1. The molecule has 10 nitrogen and oxygen atoms in total. The SMILES string of the molecule is C1CCCCC1.CCOC(=O)NC(=NC(CC)C(=O)NC1(C#N)CCN(CCc2ccccc2)CC1)N1CCOCC1. The summed E-state index contributed by atoms with van der Waals surface area (Å²) in [5, 5.41) is 15.7. The van der Waals surface area contributed by atoms with E-state index in [0.29, 0.717) is 51.5 Å². The van der Waals surface area contributed by atoms with Crippen LogP contribution >= 0.6 is 0 Å². The molecular weight excluding hydrogens is 532 g/mol. The van der Waals surface area contributed by atoms with Crippen LogP contribution in [0.2, 0.25) is 0 Å². The second kappa shape index (κ2) is 18.4. The molecule has 1 saturated carbocycles. The number of amides is 2. The van der Waals surface area contributed by atoms with Gasteiger partial charge in [0, 0.05) is 32.7 Å². The quantitative estimate of drug-likeness (QED) is 0.347. The number of guanidine groups is 1. The van der Waals surface area contributed by atoms with Gasteiger partial charge in [0.05, 0.1) is 25.9 Å². The first-order chi connectivity index (χ1) is 20.5. The number of nitrogens with one attached hydrogen (secondary N) is 2. The maximum absolute atomic E-state index is 13.3. The molecule has 2 saturated heterocycles. The highest BCUT2D eigenvalue weighted by Crippen LogP contribution is 2.23. The lowest BCUT2D eigenvalue weighted by molar-refractivity contribution is -0.124. The van der Waals surface area contributed by atoms with Crippen molar-refractivity contribution in [1.82, 2.24) is 20.4 Å². The van der Waals surface area contributed by atoms with Crippen LogP contribution in [0.25, 0.3) is 0 Å². The van der Waals surface area contributed by atoms with Crippen LogP contribution in [0.15, 0.2) is 35.3 Å². The standard InChI is InChI=1S/C26H38N6O4.C6H12/c1-3-22(28-24(29-25(34)36-4-2)32-16-18-35-19-17-32)23(33)30-26(20-27)11-14-31(15-12-26)13-10-21-8-6-5-7-9-21;1-2-4-6-5-3-1/h5-9,22H,3-4,10-19H2,1-2H3,(H,30,33)(H,28,29,34);1-6H2. The summed E-state index contributed by atoms with van der Waals surface area (Å²) in [5.74, 6) is -0.0197. The lowest BCUT2D eigenvalue weighted by Crippen LogP contribution is -2.57. The van der Waals surface area contributed by atoms with E-state index in [2.05, 4.69) is 38.7 Å².